The Kier molecular flexibility index (Phi) is 6.45. The molecule has 0 atom stereocenters. The van der Waals surface area contributed by atoms with E-state index in [2.05, 4.69) is 47.7 Å². The minimum Gasteiger partial charge on any atom is -0.306 e. The fraction of sp³-hybridized carbons (Fsp3) is 0.318. The lowest BCUT2D eigenvalue weighted by molar-refractivity contribution is 0.102. The van der Waals surface area contributed by atoms with Crippen LogP contribution in [0.25, 0.3) is 0 Å². The van der Waals surface area contributed by atoms with Crippen molar-refractivity contribution in [2.75, 3.05) is 5.75 Å². The van der Waals surface area contributed by atoms with Crippen molar-refractivity contribution in [2.45, 2.75) is 44.8 Å². The average Bonchev–Trinajstić information content (AvgIpc) is 3.08. The maximum atomic E-state index is 12.5. The van der Waals surface area contributed by atoms with Crippen LogP contribution >= 0.6 is 11.8 Å². The lowest BCUT2D eigenvalue weighted by atomic mass is 10.0. The third-order valence-corrected chi connectivity index (χ3v) is 5.51. The zero-order chi connectivity index (χ0) is 19.2. The molecule has 1 heterocycles. The van der Waals surface area contributed by atoms with Gasteiger partial charge in [-0.2, -0.15) is 0 Å². The van der Waals surface area contributed by atoms with E-state index in [4.69, 9.17) is 0 Å². The zero-order valence-corrected chi connectivity index (χ0v) is 16.9. The van der Waals surface area contributed by atoms with Gasteiger partial charge in [-0.3, -0.25) is 4.79 Å². The quantitative estimate of drug-likeness (QED) is 0.409. The molecule has 0 bridgehead atoms. The van der Waals surface area contributed by atoms with Crippen LogP contribution in [0.5, 0.6) is 0 Å². The highest BCUT2D eigenvalue weighted by Crippen LogP contribution is 2.21. The topological polar surface area (TPSA) is 47.8 Å². The van der Waals surface area contributed by atoms with E-state index in [0.29, 0.717) is 11.7 Å². The summed E-state index contributed by atoms with van der Waals surface area (Å²) in [5, 5.41) is 9.46. The van der Waals surface area contributed by atoms with Crippen LogP contribution in [-0.2, 0) is 13.0 Å². The van der Waals surface area contributed by atoms with E-state index in [1.165, 1.54) is 22.9 Å². The Morgan fingerprint density at radius 2 is 1.74 bits per heavy atom. The lowest BCUT2D eigenvalue weighted by Gasteiger charge is -2.08. The highest BCUT2D eigenvalue weighted by Gasteiger charge is 2.14. The molecule has 0 radical (unpaired) electrons. The third kappa shape index (κ3) is 4.86. The van der Waals surface area contributed by atoms with Crippen LogP contribution in [0, 0.1) is 0 Å². The highest BCUT2D eigenvalue weighted by atomic mass is 32.2. The minimum absolute atomic E-state index is 0.116. The Balaban J connectivity index is 1.66. The zero-order valence-electron chi connectivity index (χ0n) is 16.1. The van der Waals surface area contributed by atoms with E-state index in [1.54, 1.807) is 0 Å². The lowest BCUT2D eigenvalue weighted by Crippen LogP contribution is -2.07. The van der Waals surface area contributed by atoms with Crippen LogP contribution in [0.1, 0.15) is 54.0 Å². The van der Waals surface area contributed by atoms with E-state index in [1.807, 2.05) is 42.5 Å². The Morgan fingerprint density at radius 1 is 1.04 bits per heavy atom. The second-order valence-corrected chi connectivity index (χ2v) is 7.74. The smallest absolute Gasteiger partial charge is 0.191 e. The van der Waals surface area contributed by atoms with Gasteiger partial charge in [0.25, 0.3) is 0 Å². The highest BCUT2D eigenvalue weighted by molar-refractivity contribution is 7.99. The number of thioether (sulfide) groups is 1. The van der Waals surface area contributed by atoms with Crippen molar-refractivity contribution in [1.82, 2.24) is 14.8 Å². The molecule has 0 fully saturated rings. The summed E-state index contributed by atoms with van der Waals surface area (Å²) >= 11 is 1.46. The number of rotatable bonds is 8. The normalized spacial score (nSPS) is 11.1. The van der Waals surface area contributed by atoms with Gasteiger partial charge in [-0.05, 0) is 24.0 Å². The Hall–Kier alpha value is -2.40. The summed E-state index contributed by atoms with van der Waals surface area (Å²) in [4.78, 5) is 12.5. The number of Topliss-reactive ketones (excluding diaryl/α,β-unsaturated/α-hetero) is 1. The first kappa shape index (κ1) is 19.4. The first-order valence-electron chi connectivity index (χ1n) is 9.30. The molecular formula is C22H25N3OS. The molecule has 0 aliphatic heterocycles. The van der Waals surface area contributed by atoms with Crippen LogP contribution in [0.4, 0.5) is 0 Å². The van der Waals surface area contributed by atoms with Crippen molar-refractivity contribution in [1.29, 1.82) is 0 Å². The van der Waals surface area contributed by atoms with Gasteiger partial charge in [-0.1, -0.05) is 80.2 Å². The molecule has 0 N–H and O–H groups in total. The van der Waals surface area contributed by atoms with Crippen LogP contribution in [0.2, 0.25) is 0 Å². The summed E-state index contributed by atoms with van der Waals surface area (Å²) in [5.74, 6) is 1.88. The molecule has 3 rings (SSSR count). The van der Waals surface area contributed by atoms with Gasteiger partial charge in [0.1, 0.15) is 5.82 Å². The van der Waals surface area contributed by atoms with E-state index < -0.39 is 0 Å². The molecule has 2 aromatic carbocycles. The third-order valence-electron chi connectivity index (χ3n) is 4.55. The number of benzene rings is 2. The number of carbonyl (C=O) groups is 1. The van der Waals surface area contributed by atoms with Gasteiger partial charge < -0.3 is 4.57 Å². The van der Waals surface area contributed by atoms with Crippen LogP contribution in [-0.4, -0.2) is 26.3 Å². The molecule has 5 heteroatoms. The fourth-order valence-electron chi connectivity index (χ4n) is 2.92. The van der Waals surface area contributed by atoms with Crippen molar-refractivity contribution in [3.8, 4) is 0 Å². The second kappa shape index (κ2) is 9.00. The van der Waals surface area contributed by atoms with Gasteiger partial charge in [-0.15, -0.1) is 10.2 Å². The van der Waals surface area contributed by atoms with Gasteiger partial charge in [0.2, 0.25) is 0 Å². The summed E-state index contributed by atoms with van der Waals surface area (Å²) in [7, 11) is 0. The molecule has 3 aromatic rings. The minimum atomic E-state index is 0.116. The predicted molar refractivity (Wildman–Crippen MR) is 111 cm³/mol. The summed E-state index contributed by atoms with van der Waals surface area (Å²) in [6.45, 7) is 7.16. The molecule has 1 aromatic heterocycles. The number of ketones is 1. The van der Waals surface area contributed by atoms with Gasteiger partial charge in [0.05, 0.1) is 5.75 Å². The largest absolute Gasteiger partial charge is 0.306 e. The molecule has 140 valence electrons. The maximum absolute atomic E-state index is 12.5. The number of carbonyl (C=O) groups excluding carboxylic acids is 1. The summed E-state index contributed by atoms with van der Waals surface area (Å²) in [6, 6.07) is 18.2. The SMILES string of the molecule is CCn1c(Cc2ccccc2)nnc1SCC(=O)c1ccc(C(C)C)cc1. The summed E-state index contributed by atoms with van der Waals surface area (Å²) in [6.07, 6.45) is 0.743. The van der Waals surface area contributed by atoms with E-state index in [9.17, 15) is 4.79 Å². The molecular weight excluding hydrogens is 354 g/mol. The Labute approximate surface area is 165 Å². The van der Waals surface area contributed by atoms with Gasteiger partial charge >= 0.3 is 0 Å². The summed E-state index contributed by atoms with van der Waals surface area (Å²) in [5.41, 5.74) is 3.20. The second-order valence-electron chi connectivity index (χ2n) is 6.79. The standard InChI is InChI=1S/C22H25N3OS/c1-4-25-21(14-17-8-6-5-7-9-17)23-24-22(25)27-15-20(26)19-12-10-18(11-13-19)16(2)3/h5-13,16H,4,14-15H2,1-3H3. The van der Waals surface area contributed by atoms with Crippen LogP contribution in [0.15, 0.2) is 59.8 Å². The van der Waals surface area contributed by atoms with E-state index >= 15 is 0 Å². The Bertz CT molecular complexity index is 886. The van der Waals surface area contributed by atoms with Crippen LogP contribution in [0.3, 0.4) is 0 Å². The monoisotopic (exact) mass is 379 g/mol. The maximum Gasteiger partial charge on any atom is 0.191 e. The van der Waals surface area contributed by atoms with Crippen molar-refractivity contribution >= 4 is 17.5 Å². The fourth-order valence-corrected chi connectivity index (χ4v) is 3.84. The van der Waals surface area contributed by atoms with Crippen molar-refractivity contribution < 1.29 is 4.79 Å². The number of hydrogen-bond acceptors (Lipinski definition) is 4. The molecule has 0 aliphatic carbocycles. The predicted octanol–water partition coefficient (Wildman–Crippen LogP) is 4.99. The molecule has 0 unspecified atom stereocenters. The molecule has 27 heavy (non-hydrogen) atoms. The van der Waals surface area contributed by atoms with Gasteiger partial charge in [0.15, 0.2) is 10.9 Å². The van der Waals surface area contributed by atoms with E-state index in [-0.39, 0.29) is 5.78 Å². The molecule has 0 amide bonds. The van der Waals surface area contributed by atoms with Gasteiger partial charge in [-0.25, -0.2) is 0 Å². The first-order chi connectivity index (χ1) is 13.1. The Morgan fingerprint density at radius 3 is 2.37 bits per heavy atom. The van der Waals surface area contributed by atoms with Crippen molar-refractivity contribution in [3.63, 3.8) is 0 Å². The first-order valence-corrected chi connectivity index (χ1v) is 10.3. The molecule has 4 nitrogen and oxygen atoms in total. The van der Waals surface area contributed by atoms with Crippen LogP contribution < -0.4 is 0 Å². The van der Waals surface area contributed by atoms with Crippen molar-refractivity contribution in [3.05, 3.63) is 77.1 Å². The van der Waals surface area contributed by atoms with Gasteiger partial charge in [0, 0.05) is 18.5 Å². The number of nitrogens with zero attached hydrogens (tertiary/aromatic N) is 3. The van der Waals surface area contributed by atoms with Crippen molar-refractivity contribution in [2.24, 2.45) is 0 Å². The number of aromatic nitrogens is 3. The average molecular weight is 380 g/mol. The molecule has 0 saturated heterocycles. The molecule has 0 aliphatic rings. The molecule has 0 spiro atoms. The van der Waals surface area contributed by atoms with E-state index in [0.717, 1.165) is 29.5 Å². The molecule has 0 saturated carbocycles. The number of hydrogen-bond donors (Lipinski definition) is 0. The summed E-state index contributed by atoms with van der Waals surface area (Å²) < 4.78 is 2.09.